The molecule has 2 aromatic rings. The minimum atomic E-state index is 0.00458. The molecular formula is C19H23N3O3S. The zero-order valence-electron chi connectivity index (χ0n) is 15.0. The molecule has 1 amide bonds. The predicted octanol–water partition coefficient (Wildman–Crippen LogP) is 3.05. The van der Waals surface area contributed by atoms with Gasteiger partial charge in [0.1, 0.15) is 0 Å². The fraction of sp³-hybridized carbons (Fsp3) is 0.474. The van der Waals surface area contributed by atoms with Gasteiger partial charge in [0.25, 0.3) is 17.0 Å². The molecule has 7 heteroatoms. The molecule has 2 unspecified atom stereocenters. The first-order valence-electron chi connectivity index (χ1n) is 8.96. The van der Waals surface area contributed by atoms with Crippen molar-refractivity contribution in [3.05, 3.63) is 36.1 Å². The maximum absolute atomic E-state index is 12.7. The third kappa shape index (κ3) is 3.46. The van der Waals surface area contributed by atoms with E-state index < -0.39 is 0 Å². The van der Waals surface area contributed by atoms with Crippen LogP contribution in [0.1, 0.15) is 30.1 Å². The van der Waals surface area contributed by atoms with Crippen LogP contribution in [0.15, 0.2) is 45.1 Å². The minimum Gasteiger partial charge on any atom is -0.479 e. The molecule has 0 aliphatic carbocycles. The number of carbonyl (C=O) groups is 1. The summed E-state index contributed by atoms with van der Waals surface area (Å²) in [6, 6.07) is 8.19. The van der Waals surface area contributed by atoms with Gasteiger partial charge in [-0.1, -0.05) is 0 Å². The van der Waals surface area contributed by atoms with Crippen LogP contribution < -0.4 is 10.1 Å². The van der Waals surface area contributed by atoms with Crippen LogP contribution in [0.4, 0.5) is 0 Å². The molecule has 3 aliphatic rings. The summed E-state index contributed by atoms with van der Waals surface area (Å²) in [4.78, 5) is 20.3. The van der Waals surface area contributed by atoms with Gasteiger partial charge in [0.2, 0.25) is 0 Å². The molecule has 1 N–H and O–H groups in total. The Balaban J connectivity index is 1.39. The number of fused-ring (bicyclic) bond motifs is 3. The maximum Gasteiger partial charge on any atom is 0.263 e. The van der Waals surface area contributed by atoms with Gasteiger partial charge < -0.3 is 14.5 Å². The Morgan fingerprint density at radius 2 is 2.04 bits per heavy atom. The van der Waals surface area contributed by atoms with Gasteiger partial charge in [-0.05, 0) is 74.8 Å². The van der Waals surface area contributed by atoms with Gasteiger partial charge in [-0.25, -0.2) is 0 Å². The second-order valence-corrected chi connectivity index (χ2v) is 7.92. The Bertz CT molecular complexity index is 767. The molecule has 2 atom stereocenters. The van der Waals surface area contributed by atoms with E-state index in [-0.39, 0.29) is 11.9 Å². The van der Waals surface area contributed by atoms with Gasteiger partial charge in [-0.15, -0.1) is 0 Å². The summed E-state index contributed by atoms with van der Waals surface area (Å²) < 4.78 is 10.3. The van der Waals surface area contributed by atoms with E-state index in [0.717, 1.165) is 18.0 Å². The highest BCUT2D eigenvalue weighted by Gasteiger charge is 2.40. The Morgan fingerprint density at radius 1 is 1.31 bits per heavy atom. The Hall–Kier alpha value is -1.99. The largest absolute Gasteiger partial charge is 0.479 e. The van der Waals surface area contributed by atoms with Crippen LogP contribution in [0.3, 0.4) is 0 Å². The molecular weight excluding hydrogens is 350 g/mol. The number of hydrogen-bond donors (Lipinski definition) is 1. The van der Waals surface area contributed by atoms with Gasteiger partial charge in [-0.3, -0.25) is 9.69 Å². The fourth-order valence-corrected chi connectivity index (χ4v) is 4.64. The van der Waals surface area contributed by atoms with Crippen LogP contribution in [-0.2, 0) is 0 Å². The number of carbonyl (C=O) groups excluding carboxylic acids is 1. The lowest BCUT2D eigenvalue weighted by Crippen LogP contribution is -2.62. The lowest BCUT2D eigenvalue weighted by molar-refractivity contribution is 0.0217. The molecule has 2 bridgehead atoms. The second kappa shape index (κ2) is 7.32. The van der Waals surface area contributed by atoms with E-state index >= 15 is 0 Å². The number of benzene rings is 1. The predicted molar refractivity (Wildman–Crippen MR) is 98.6 cm³/mol. The van der Waals surface area contributed by atoms with Crippen LogP contribution in [0.5, 0.6) is 5.88 Å². The van der Waals surface area contributed by atoms with Crippen molar-refractivity contribution in [3.8, 4) is 5.88 Å². The van der Waals surface area contributed by atoms with Crippen molar-refractivity contribution in [1.82, 2.24) is 15.2 Å². The van der Waals surface area contributed by atoms with Gasteiger partial charge >= 0.3 is 0 Å². The molecule has 5 rings (SSSR count). The number of aromatic nitrogens is 1. The highest BCUT2D eigenvalue weighted by Crippen LogP contribution is 2.32. The van der Waals surface area contributed by atoms with Crippen LogP contribution >= 0.6 is 11.8 Å². The normalized spacial score (nSPS) is 27.3. The van der Waals surface area contributed by atoms with E-state index in [2.05, 4.69) is 22.1 Å². The van der Waals surface area contributed by atoms with Crippen LogP contribution in [0, 0.1) is 5.92 Å². The summed E-state index contributed by atoms with van der Waals surface area (Å²) in [5, 5.41) is 3.78. The third-order valence-electron chi connectivity index (χ3n) is 5.47. The number of nitrogens with one attached hydrogen (secondary N) is 1. The average molecular weight is 373 g/mol. The Kier molecular flexibility index (Phi) is 4.91. The van der Waals surface area contributed by atoms with E-state index in [1.54, 1.807) is 7.11 Å². The monoisotopic (exact) mass is 373 g/mol. The summed E-state index contributed by atoms with van der Waals surface area (Å²) in [7, 11) is 1.55. The van der Waals surface area contributed by atoms with Crippen molar-refractivity contribution in [2.75, 3.05) is 20.2 Å². The van der Waals surface area contributed by atoms with Crippen molar-refractivity contribution in [1.29, 1.82) is 0 Å². The molecule has 3 aliphatic heterocycles. The zero-order valence-corrected chi connectivity index (χ0v) is 15.8. The summed E-state index contributed by atoms with van der Waals surface area (Å²) in [6.07, 6.45) is 3.84. The van der Waals surface area contributed by atoms with E-state index in [1.165, 1.54) is 30.9 Å². The number of ether oxygens (including phenoxy) is 1. The summed E-state index contributed by atoms with van der Waals surface area (Å²) in [5.74, 6) is 1.06. The smallest absolute Gasteiger partial charge is 0.263 e. The number of oxazole rings is 1. The van der Waals surface area contributed by atoms with Gasteiger partial charge in [0.05, 0.1) is 7.11 Å². The van der Waals surface area contributed by atoms with E-state index in [1.807, 2.05) is 24.3 Å². The molecule has 1 aromatic carbocycles. The molecule has 138 valence electrons. The summed E-state index contributed by atoms with van der Waals surface area (Å²) >= 11 is 1.39. The molecule has 1 aromatic heterocycles. The number of amides is 1. The number of methoxy groups -OCH3 is 1. The van der Waals surface area contributed by atoms with Crippen LogP contribution in [0.2, 0.25) is 0 Å². The van der Waals surface area contributed by atoms with Gasteiger partial charge in [0.15, 0.2) is 6.26 Å². The zero-order chi connectivity index (χ0) is 18.1. The lowest BCUT2D eigenvalue weighted by Gasteiger charge is -2.49. The van der Waals surface area contributed by atoms with Crippen molar-refractivity contribution in [3.63, 3.8) is 0 Å². The molecule has 0 spiro atoms. The van der Waals surface area contributed by atoms with E-state index in [4.69, 9.17) is 9.15 Å². The minimum absolute atomic E-state index is 0.00458. The molecule has 4 heterocycles. The first-order valence-corrected chi connectivity index (χ1v) is 9.78. The molecule has 26 heavy (non-hydrogen) atoms. The fourth-order valence-electron chi connectivity index (χ4n) is 3.94. The number of nitrogens with zero attached hydrogens (tertiary/aromatic N) is 2. The number of rotatable bonds is 5. The summed E-state index contributed by atoms with van der Waals surface area (Å²) in [6.45, 7) is 4.55. The van der Waals surface area contributed by atoms with Crippen molar-refractivity contribution >= 4 is 17.7 Å². The van der Waals surface area contributed by atoms with Crippen molar-refractivity contribution in [2.45, 2.75) is 42.0 Å². The lowest BCUT2D eigenvalue weighted by atomic mass is 9.79. The second-order valence-electron chi connectivity index (χ2n) is 6.90. The molecule has 3 saturated heterocycles. The third-order valence-corrected chi connectivity index (χ3v) is 6.34. The first kappa shape index (κ1) is 17.4. The van der Waals surface area contributed by atoms with Crippen LogP contribution in [0.25, 0.3) is 0 Å². The summed E-state index contributed by atoms with van der Waals surface area (Å²) in [5.41, 5.74) is 0.683. The quantitative estimate of drug-likeness (QED) is 0.869. The van der Waals surface area contributed by atoms with Crippen LogP contribution in [-0.4, -0.2) is 48.1 Å². The Labute approximate surface area is 157 Å². The topological polar surface area (TPSA) is 67.6 Å². The SMILES string of the molecule is COc1coc(Sc2ccc(C(=O)NC3C4CCN(CC4)C3C)cc2)n1. The Morgan fingerprint density at radius 3 is 2.65 bits per heavy atom. The van der Waals surface area contributed by atoms with Gasteiger partial charge in [-0.2, -0.15) is 4.98 Å². The van der Waals surface area contributed by atoms with E-state index in [0.29, 0.717) is 28.6 Å². The van der Waals surface area contributed by atoms with E-state index in [9.17, 15) is 4.79 Å². The van der Waals surface area contributed by atoms with Crippen molar-refractivity contribution in [2.24, 2.45) is 5.92 Å². The number of hydrogen-bond acceptors (Lipinski definition) is 6. The molecule has 0 radical (unpaired) electrons. The van der Waals surface area contributed by atoms with Crippen molar-refractivity contribution < 1.29 is 13.9 Å². The standard InChI is InChI=1S/C19H23N3O3S/c1-12-17(13-7-9-22(12)10-8-13)21-18(23)14-3-5-15(6-4-14)26-19-20-16(24-2)11-25-19/h3-6,11-13,17H,7-10H2,1-2H3,(H,21,23). The maximum atomic E-state index is 12.7. The molecule has 0 saturated carbocycles. The highest BCUT2D eigenvalue weighted by atomic mass is 32.2. The highest BCUT2D eigenvalue weighted by molar-refractivity contribution is 7.99. The molecule has 6 nitrogen and oxygen atoms in total. The van der Waals surface area contributed by atoms with Gasteiger partial charge in [0, 0.05) is 22.5 Å². The first-order chi connectivity index (χ1) is 12.6. The number of piperidine rings is 3. The molecule has 3 fully saturated rings. The average Bonchev–Trinajstić information content (AvgIpc) is 3.13.